The lowest BCUT2D eigenvalue weighted by Gasteiger charge is -2.44. The van der Waals surface area contributed by atoms with E-state index in [4.69, 9.17) is 9.47 Å². The van der Waals surface area contributed by atoms with Crippen LogP contribution in [0.4, 0.5) is 0 Å². The molecule has 0 bridgehead atoms. The van der Waals surface area contributed by atoms with E-state index >= 15 is 0 Å². The van der Waals surface area contributed by atoms with Crippen molar-refractivity contribution in [2.45, 2.75) is 76.9 Å². The Bertz CT molecular complexity index is 928. The van der Waals surface area contributed by atoms with Gasteiger partial charge in [-0.2, -0.15) is 0 Å². The second-order valence-electron chi connectivity index (χ2n) is 9.18. The summed E-state index contributed by atoms with van der Waals surface area (Å²) in [6.07, 6.45) is 6.62. The number of ether oxygens (including phenoxy) is 2. The molecule has 1 spiro atoms. The molecule has 0 saturated heterocycles. The first kappa shape index (κ1) is 20.8. The summed E-state index contributed by atoms with van der Waals surface area (Å²) in [5.41, 5.74) is 3.65. The van der Waals surface area contributed by atoms with Gasteiger partial charge in [0.05, 0.1) is 13.2 Å². The first-order valence-electron chi connectivity index (χ1n) is 11.2. The number of amides is 1. The van der Waals surface area contributed by atoms with Crippen molar-refractivity contribution in [3.8, 4) is 11.5 Å². The van der Waals surface area contributed by atoms with E-state index in [0.717, 1.165) is 53.0 Å². The highest BCUT2D eigenvalue weighted by Gasteiger charge is 2.42. The minimum absolute atomic E-state index is 0.0234. The second-order valence-corrected chi connectivity index (χ2v) is 9.18. The molecule has 1 aliphatic heterocycles. The summed E-state index contributed by atoms with van der Waals surface area (Å²) in [5.74, 6) is 2.02. The molecule has 1 heterocycles. The third-order valence-electron chi connectivity index (χ3n) is 6.71. The number of hydrogen-bond acceptors (Lipinski definition) is 3. The number of rotatable bonds is 4. The number of para-hydroxylation sites is 1. The predicted molar refractivity (Wildman–Crippen MR) is 120 cm³/mol. The van der Waals surface area contributed by atoms with Crippen molar-refractivity contribution in [2.24, 2.45) is 0 Å². The Morgan fingerprint density at radius 1 is 1.17 bits per heavy atom. The molecule has 4 rings (SSSR count). The van der Waals surface area contributed by atoms with Gasteiger partial charge in [0.15, 0.2) is 0 Å². The average Bonchev–Trinajstić information content (AvgIpc) is 2.73. The lowest BCUT2D eigenvalue weighted by atomic mass is 9.77. The van der Waals surface area contributed by atoms with E-state index in [1.165, 1.54) is 19.3 Å². The van der Waals surface area contributed by atoms with Crippen LogP contribution in [-0.4, -0.2) is 18.6 Å². The van der Waals surface area contributed by atoms with E-state index in [2.05, 4.69) is 25.2 Å². The van der Waals surface area contributed by atoms with E-state index in [1.807, 2.05) is 37.3 Å². The van der Waals surface area contributed by atoms with Crippen LogP contribution in [0.2, 0.25) is 0 Å². The van der Waals surface area contributed by atoms with E-state index in [1.54, 1.807) is 7.11 Å². The monoisotopic (exact) mass is 407 g/mol. The number of hydrogen-bond donors (Lipinski definition) is 1. The summed E-state index contributed by atoms with van der Waals surface area (Å²) in [6.45, 7) is 6.22. The van der Waals surface area contributed by atoms with Gasteiger partial charge in [0, 0.05) is 17.5 Å². The van der Waals surface area contributed by atoms with E-state index in [0.29, 0.717) is 0 Å². The lowest BCUT2D eigenvalue weighted by molar-refractivity contribution is -0.00210. The molecule has 1 fully saturated rings. The molecular formula is C26H33NO3. The number of aryl methyl sites for hydroxylation is 1. The van der Waals surface area contributed by atoms with Crippen LogP contribution >= 0.6 is 0 Å². The van der Waals surface area contributed by atoms with Gasteiger partial charge >= 0.3 is 0 Å². The molecule has 2 aromatic carbocycles. The highest BCUT2D eigenvalue weighted by Crippen LogP contribution is 2.46. The predicted octanol–water partition coefficient (Wildman–Crippen LogP) is 6.08. The van der Waals surface area contributed by atoms with Crippen molar-refractivity contribution in [2.75, 3.05) is 7.11 Å². The molecule has 1 N–H and O–H groups in total. The standard InChI is InChI=1S/C26H33NO3/c1-17(2)20-15-21(18(3)14-24(20)29-4)25(28)27-22-16-26(12-8-5-9-13-26)30-23-11-7-6-10-19(22)23/h6-7,10-11,14-15,17,22H,5,8-9,12-13,16H2,1-4H3,(H,27,28)/t22-/m1/s1. The zero-order valence-electron chi connectivity index (χ0n) is 18.6. The van der Waals surface area contributed by atoms with Crippen molar-refractivity contribution in [1.29, 1.82) is 0 Å². The molecule has 1 atom stereocenters. The molecule has 0 radical (unpaired) electrons. The quantitative estimate of drug-likeness (QED) is 0.668. The van der Waals surface area contributed by atoms with Crippen molar-refractivity contribution < 1.29 is 14.3 Å². The van der Waals surface area contributed by atoms with Gasteiger partial charge in [-0.15, -0.1) is 0 Å². The molecule has 0 aromatic heterocycles. The van der Waals surface area contributed by atoms with Crippen molar-refractivity contribution in [1.82, 2.24) is 5.32 Å². The van der Waals surface area contributed by atoms with Gasteiger partial charge in [-0.3, -0.25) is 4.79 Å². The fourth-order valence-corrected chi connectivity index (χ4v) is 5.06. The number of carbonyl (C=O) groups excluding carboxylic acids is 1. The van der Waals surface area contributed by atoms with Gasteiger partial charge in [0.25, 0.3) is 5.91 Å². The Labute approximate surface area is 180 Å². The second kappa shape index (κ2) is 8.33. The minimum Gasteiger partial charge on any atom is -0.496 e. The number of fused-ring (bicyclic) bond motifs is 1. The molecule has 160 valence electrons. The molecule has 1 saturated carbocycles. The topological polar surface area (TPSA) is 47.6 Å². The van der Waals surface area contributed by atoms with Crippen LogP contribution < -0.4 is 14.8 Å². The van der Waals surface area contributed by atoms with Crippen LogP contribution in [0.5, 0.6) is 11.5 Å². The molecule has 2 aromatic rings. The normalized spacial score (nSPS) is 19.8. The molecule has 4 heteroatoms. The zero-order chi connectivity index (χ0) is 21.3. The van der Waals surface area contributed by atoms with Gasteiger partial charge in [0.1, 0.15) is 17.1 Å². The highest BCUT2D eigenvalue weighted by molar-refractivity contribution is 5.96. The maximum atomic E-state index is 13.4. The number of carbonyl (C=O) groups is 1. The summed E-state index contributed by atoms with van der Waals surface area (Å²) >= 11 is 0. The molecule has 1 amide bonds. The van der Waals surface area contributed by atoms with Crippen molar-refractivity contribution in [3.05, 3.63) is 58.7 Å². The van der Waals surface area contributed by atoms with Crippen LogP contribution in [0.15, 0.2) is 36.4 Å². The van der Waals surface area contributed by atoms with E-state index < -0.39 is 0 Å². The number of nitrogens with one attached hydrogen (secondary N) is 1. The molecule has 30 heavy (non-hydrogen) atoms. The maximum Gasteiger partial charge on any atom is 0.252 e. The zero-order valence-corrected chi connectivity index (χ0v) is 18.6. The Hall–Kier alpha value is -2.49. The minimum atomic E-state index is -0.150. The van der Waals surface area contributed by atoms with E-state index in [-0.39, 0.29) is 23.5 Å². The Kier molecular flexibility index (Phi) is 5.77. The molecule has 4 nitrogen and oxygen atoms in total. The Balaban J connectivity index is 1.65. The third-order valence-corrected chi connectivity index (χ3v) is 6.71. The van der Waals surface area contributed by atoms with Crippen molar-refractivity contribution in [3.63, 3.8) is 0 Å². The average molecular weight is 408 g/mol. The smallest absolute Gasteiger partial charge is 0.252 e. The fraction of sp³-hybridized carbons (Fsp3) is 0.500. The summed E-state index contributed by atoms with van der Waals surface area (Å²) in [6, 6.07) is 12.1. The van der Waals surface area contributed by atoms with Gasteiger partial charge in [-0.1, -0.05) is 38.5 Å². The maximum absolute atomic E-state index is 13.4. The first-order valence-corrected chi connectivity index (χ1v) is 11.2. The lowest BCUT2D eigenvalue weighted by Crippen LogP contribution is -2.46. The fourth-order valence-electron chi connectivity index (χ4n) is 5.06. The highest BCUT2D eigenvalue weighted by atomic mass is 16.5. The van der Waals surface area contributed by atoms with Crippen LogP contribution in [-0.2, 0) is 0 Å². The number of benzene rings is 2. The summed E-state index contributed by atoms with van der Waals surface area (Å²) < 4.78 is 12.1. The molecular weight excluding hydrogens is 374 g/mol. The Morgan fingerprint density at radius 2 is 1.90 bits per heavy atom. The van der Waals surface area contributed by atoms with Gasteiger partial charge in [-0.05, 0) is 67.9 Å². The van der Waals surface area contributed by atoms with Crippen LogP contribution in [0.3, 0.4) is 0 Å². The largest absolute Gasteiger partial charge is 0.496 e. The first-order chi connectivity index (χ1) is 14.4. The Morgan fingerprint density at radius 3 is 2.60 bits per heavy atom. The van der Waals surface area contributed by atoms with Crippen LogP contribution in [0, 0.1) is 6.92 Å². The van der Waals surface area contributed by atoms with Crippen LogP contribution in [0.25, 0.3) is 0 Å². The van der Waals surface area contributed by atoms with Crippen molar-refractivity contribution >= 4 is 5.91 Å². The summed E-state index contributed by atoms with van der Waals surface area (Å²) in [7, 11) is 1.68. The van der Waals surface area contributed by atoms with Gasteiger partial charge in [-0.25, -0.2) is 0 Å². The van der Waals surface area contributed by atoms with Gasteiger partial charge in [0.2, 0.25) is 0 Å². The van der Waals surface area contributed by atoms with Crippen LogP contribution in [0.1, 0.15) is 91.4 Å². The SMILES string of the molecule is COc1cc(C)c(C(=O)N[C@@H]2CC3(CCCCC3)Oc3ccccc32)cc1C(C)C. The molecule has 0 unspecified atom stereocenters. The van der Waals surface area contributed by atoms with Gasteiger partial charge < -0.3 is 14.8 Å². The summed E-state index contributed by atoms with van der Waals surface area (Å²) in [4.78, 5) is 13.4. The third kappa shape index (κ3) is 3.92. The van der Waals surface area contributed by atoms with E-state index in [9.17, 15) is 4.79 Å². The summed E-state index contributed by atoms with van der Waals surface area (Å²) in [5, 5.41) is 3.35. The molecule has 1 aliphatic carbocycles. The number of methoxy groups -OCH3 is 1. The molecule has 2 aliphatic rings.